The number of sulfonamides is 1. The van der Waals surface area contributed by atoms with E-state index in [1.165, 1.54) is 4.68 Å². The second-order valence-corrected chi connectivity index (χ2v) is 7.92. The minimum absolute atomic E-state index is 0.144. The molecular formula is C14H10Cl2F3N5O3S. The molecule has 28 heavy (non-hydrogen) atoms. The number of pyridine rings is 1. The van der Waals surface area contributed by atoms with Gasteiger partial charge in [-0.25, -0.2) is 18.1 Å². The van der Waals surface area contributed by atoms with Crippen molar-refractivity contribution >= 4 is 44.8 Å². The summed E-state index contributed by atoms with van der Waals surface area (Å²) in [4.78, 5) is 15.6. The third-order valence-corrected chi connectivity index (χ3v) is 5.59. The minimum Gasteiger partial charge on any atom is -0.304 e. The lowest BCUT2D eigenvalue weighted by Crippen LogP contribution is -2.30. The highest BCUT2D eigenvalue weighted by molar-refractivity contribution is 7.90. The summed E-state index contributed by atoms with van der Waals surface area (Å²) in [7, 11) is -4.38. The van der Waals surface area contributed by atoms with Crippen molar-refractivity contribution in [2.45, 2.75) is 24.5 Å². The van der Waals surface area contributed by atoms with Crippen LogP contribution in [0.5, 0.6) is 0 Å². The van der Waals surface area contributed by atoms with Crippen molar-refractivity contribution in [3.8, 4) is 0 Å². The maximum absolute atomic E-state index is 12.9. The molecular weight excluding hydrogens is 446 g/mol. The van der Waals surface area contributed by atoms with E-state index in [1.54, 1.807) is 11.6 Å². The Morgan fingerprint density at radius 1 is 1.25 bits per heavy atom. The topological polar surface area (TPSA) is 98.4 Å². The van der Waals surface area contributed by atoms with Crippen molar-refractivity contribution in [1.29, 1.82) is 0 Å². The monoisotopic (exact) mass is 455 g/mol. The van der Waals surface area contributed by atoms with Gasteiger partial charge in [0.15, 0.2) is 10.8 Å². The fraction of sp³-hybridized carbons (Fsp3) is 0.214. The predicted octanol–water partition coefficient (Wildman–Crippen LogP) is 3.00. The fourth-order valence-electron chi connectivity index (χ4n) is 2.27. The van der Waals surface area contributed by atoms with E-state index in [9.17, 15) is 26.4 Å². The molecule has 14 heteroatoms. The molecule has 8 nitrogen and oxygen atoms in total. The first kappa shape index (κ1) is 20.4. The number of aromatic nitrogens is 4. The van der Waals surface area contributed by atoms with E-state index in [0.717, 1.165) is 16.8 Å². The molecule has 0 unspecified atom stereocenters. The SMILES string of the molecule is CCn1cc(S(=O)(=O)NC(=O)c2cn3cc(C(F)(F)F)cc(Cl)c3n2)c(Cl)n1. The van der Waals surface area contributed by atoms with Crippen molar-refractivity contribution in [3.05, 3.63) is 46.1 Å². The molecule has 3 aromatic heterocycles. The molecule has 3 rings (SSSR count). The lowest BCUT2D eigenvalue weighted by Gasteiger charge is -2.07. The molecule has 1 N–H and O–H groups in total. The molecule has 0 saturated heterocycles. The zero-order valence-corrected chi connectivity index (χ0v) is 16.2. The van der Waals surface area contributed by atoms with Gasteiger partial charge in [-0.2, -0.15) is 18.3 Å². The molecule has 0 aliphatic rings. The Bertz CT molecular complexity index is 1190. The second kappa shape index (κ2) is 6.94. The molecule has 0 radical (unpaired) electrons. The Balaban J connectivity index is 1.95. The van der Waals surface area contributed by atoms with Crippen molar-refractivity contribution < 1.29 is 26.4 Å². The van der Waals surface area contributed by atoms with Gasteiger partial charge in [-0.05, 0) is 13.0 Å². The van der Waals surface area contributed by atoms with Crippen LogP contribution < -0.4 is 4.72 Å². The van der Waals surface area contributed by atoms with Crippen LogP contribution in [0.25, 0.3) is 5.65 Å². The first-order valence-corrected chi connectivity index (χ1v) is 9.72. The fourth-order valence-corrected chi connectivity index (χ4v) is 3.96. The third kappa shape index (κ3) is 3.80. The van der Waals surface area contributed by atoms with Gasteiger partial charge >= 0.3 is 6.18 Å². The number of rotatable bonds is 4. The molecule has 0 atom stereocenters. The average Bonchev–Trinajstić information content (AvgIpc) is 3.17. The molecule has 0 spiro atoms. The zero-order chi connectivity index (χ0) is 20.9. The van der Waals surface area contributed by atoms with E-state index in [1.807, 2.05) is 0 Å². The summed E-state index contributed by atoms with van der Waals surface area (Å²) < 4.78 is 67.2. The van der Waals surface area contributed by atoms with Crippen LogP contribution in [0.15, 0.2) is 29.6 Å². The highest BCUT2D eigenvalue weighted by Gasteiger charge is 2.32. The van der Waals surface area contributed by atoms with Crippen LogP contribution in [0.3, 0.4) is 0 Å². The highest BCUT2D eigenvalue weighted by atomic mass is 35.5. The number of imidazole rings is 1. The minimum atomic E-state index is -4.66. The maximum Gasteiger partial charge on any atom is 0.417 e. The number of carbonyl (C=O) groups excluding carboxylic acids is 1. The molecule has 3 heterocycles. The van der Waals surface area contributed by atoms with Crippen molar-refractivity contribution in [1.82, 2.24) is 23.9 Å². The Labute approximate surface area is 165 Å². The highest BCUT2D eigenvalue weighted by Crippen LogP contribution is 2.32. The smallest absolute Gasteiger partial charge is 0.304 e. The standard InChI is InChI=1S/C14H10Cl2F3N5O3S/c1-2-24-6-10(11(16)21-24)28(26,27)22-13(25)9-5-23-4-7(14(17,18)19)3-8(15)12(23)20-9/h3-6H,2H2,1H3,(H,22,25). The van der Waals surface area contributed by atoms with Crippen LogP contribution >= 0.6 is 23.2 Å². The number of carbonyl (C=O) groups is 1. The van der Waals surface area contributed by atoms with E-state index in [4.69, 9.17) is 23.2 Å². The number of aryl methyl sites for hydroxylation is 1. The summed E-state index contributed by atoms with van der Waals surface area (Å²) >= 11 is 11.6. The van der Waals surface area contributed by atoms with Gasteiger partial charge in [0.05, 0.1) is 10.6 Å². The van der Waals surface area contributed by atoms with E-state index in [2.05, 4.69) is 10.1 Å². The molecule has 150 valence electrons. The van der Waals surface area contributed by atoms with Gasteiger partial charge in [0.2, 0.25) is 0 Å². The zero-order valence-electron chi connectivity index (χ0n) is 13.8. The molecule has 1 amide bonds. The summed E-state index contributed by atoms with van der Waals surface area (Å²) in [5, 5.41) is 3.07. The first-order valence-electron chi connectivity index (χ1n) is 7.48. The second-order valence-electron chi connectivity index (χ2n) is 5.51. The lowest BCUT2D eigenvalue weighted by molar-refractivity contribution is -0.137. The van der Waals surface area contributed by atoms with Gasteiger partial charge in [-0.15, -0.1) is 0 Å². The molecule has 0 bridgehead atoms. The van der Waals surface area contributed by atoms with E-state index in [-0.39, 0.29) is 15.8 Å². The van der Waals surface area contributed by atoms with Gasteiger partial charge in [0.1, 0.15) is 10.6 Å². The van der Waals surface area contributed by atoms with E-state index < -0.39 is 38.3 Å². The number of alkyl halides is 3. The quantitative estimate of drug-likeness (QED) is 0.651. The number of hydrogen-bond acceptors (Lipinski definition) is 5. The van der Waals surface area contributed by atoms with Crippen LogP contribution in [0.4, 0.5) is 13.2 Å². The Morgan fingerprint density at radius 2 is 1.93 bits per heavy atom. The molecule has 3 aromatic rings. The van der Waals surface area contributed by atoms with E-state index in [0.29, 0.717) is 18.8 Å². The third-order valence-electron chi connectivity index (χ3n) is 3.59. The van der Waals surface area contributed by atoms with Gasteiger partial charge in [0.25, 0.3) is 15.9 Å². The molecule has 0 aromatic carbocycles. The van der Waals surface area contributed by atoms with E-state index >= 15 is 0 Å². The first-order chi connectivity index (χ1) is 12.9. The molecule has 0 aliphatic carbocycles. The summed E-state index contributed by atoms with van der Waals surface area (Å²) in [6, 6.07) is 0.654. The molecule has 0 saturated carbocycles. The maximum atomic E-state index is 12.9. The predicted molar refractivity (Wildman–Crippen MR) is 92.8 cm³/mol. The number of fused-ring (bicyclic) bond motifs is 1. The normalized spacial score (nSPS) is 12.5. The summed E-state index contributed by atoms with van der Waals surface area (Å²) in [6.07, 6.45) is -1.92. The van der Waals surface area contributed by atoms with Crippen LogP contribution in [-0.2, 0) is 22.7 Å². The Hall–Kier alpha value is -2.31. The number of halogens is 5. The summed E-state index contributed by atoms with van der Waals surface area (Å²) in [5.74, 6) is -1.17. The largest absolute Gasteiger partial charge is 0.417 e. The number of nitrogens with zero attached hydrogens (tertiary/aromatic N) is 4. The number of nitrogens with one attached hydrogen (secondary N) is 1. The van der Waals surface area contributed by atoms with Crippen LogP contribution in [0.2, 0.25) is 10.2 Å². The summed E-state index contributed by atoms with van der Waals surface area (Å²) in [6.45, 7) is 2.05. The van der Waals surface area contributed by atoms with Gasteiger partial charge in [0, 0.05) is 25.1 Å². The molecule has 0 aliphatic heterocycles. The van der Waals surface area contributed by atoms with Crippen molar-refractivity contribution in [2.75, 3.05) is 0 Å². The summed E-state index contributed by atoms with van der Waals surface area (Å²) in [5.41, 5.74) is -1.65. The number of hydrogen-bond donors (Lipinski definition) is 1. The number of amides is 1. The lowest BCUT2D eigenvalue weighted by atomic mass is 10.3. The molecule has 0 fully saturated rings. The Morgan fingerprint density at radius 3 is 2.50 bits per heavy atom. The van der Waals surface area contributed by atoms with Crippen LogP contribution in [-0.4, -0.2) is 33.5 Å². The van der Waals surface area contributed by atoms with Gasteiger partial charge in [-0.3, -0.25) is 9.48 Å². The Kier molecular flexibility index (Phi) is 5.06. The van der Waals surface area contributed by atoms with Crippen LogP contribution in [0, 0.1) is 0 Å². The van der Waals surface area contributed by atoms with Crippen molar-refractivity contribution in [2.24, 2.45) is 0 Å². The van der Waals surface area contributed by atoms with Gasteiger partial charge in [-0.1, -0.05) is 23.2 Å². The van der Waals surface area contributed by atoms with Gasteiger partial charge < -0.3 is 4.40 Å². The van der Waals surface area contributed by atoms with Crippen molar-refractivity contribution in [3.63, 3.8) is 0 Å². The van der Waals surface area contributed by atoms with Crippen LogP contribution in [0.1, 0.15) is 23.0 Å². The average molecular weight is 456 g/mol.